The number of rotatable bonds is 7. The molecule has 0 bridgehead atoms. The predicted molar refractivity (Wildman–Crippen MR) is 136 cm³/mol. The summed E-state index contributed by atoms with van der Waals surface area (Å²) in [4.78, 5) is 13.1. The average Bonchev–Trinajstić information content (AvgIpc) is 3.13. The number of halogens is 1. The summed E-state index contributed by atoms with van der Waals surface area (Å²) in [5, 5.41) is 6.97. The number of amides is 1. The van der Waals surface area contributed by atoms with Crippen LogP contribution in [0.2, 0.25) is 5.02 Å². The van der Waals surface area contributed by atoms with E-state index in [-0.39, 0.29) is 11.4 Å². The highest BCUT2D eigenvalue weighted by molar-refractivity contribution is 8.05. The smallest absolute Gasteiger partial charge is 0.260 e. The Kier molecular flexibility index (Phi) is 7.16. The van der Waals surface area contributed by atoms with Crippen molar-refractivity contribution in [1.29, 1.82) is 0 Å². The minimum absolute atomic E-state index is 0.122. The van der Waals surface area contributed by atoms with Crippen molar-refractivity contribution in [2.24, 2.45) is 0 Å². The Bertz CT molecular complexity index is 1210. The number of methoxy groups -OCH3 is 1. The standard InChI is InChI=1S/C26H25ClN2O3S/c1-16-5-4-6-19(11-16)15-32-22-10-7-18(13-23(22)31-3)14-24-25(30)29-26(33-24)28-21-9-8-20(27)12-17(21)2/h4-14,26,28H,15H2,1-3H3,(H,29,30)/b24-14-. The summed E-state index contributed by atoms with van der Waals surface area (Å²) < 4.78 is 11.5. The van der Waals surface area contributed by atoms with Crippen LogP contribution in [0.25, 0.3) is 6.08 Å². The Balaban J connectivity index is 1.45. The summed E-state index contributed by atoms with van der Waals surface area (Å²) in [6, 6.07) is 19.5. The van der Waals surface area contributed by atoms with Crippen LogP contribution in [0.5, 0.6) is 11.5 Å². The zero-order chi connectivity index (χ0) is 23.4. The Morgan fingerprint density at radius 1 is 1.09 bits per heavy atom. The van der Waals surface area contributed by atoms with Gasteiger partial charge in [0.15, 0.2) is 17.0 Å². The molecule has 1 atom stereocenters. The van der Waals surface area contributed by atoms with E-state index in [1.165, 1.54) is 17.3 Å². The maximum absolute atomic E-state index is 12.5. The molecule has 2 N–H and O–H groups in total. The molecule has 1 aliphatic heterocycles. The summed E-state index contributed by atoms with van der Waals surface area (Å²) in [5.41, 5.74) is 4.82. The lowest BCUT2D eigenvalue weighted by atomic mass is 10.1. The van der Waals surface area contributed by atoms with E-state index >= 15 is 0 Å². The number of nitrogens with one attached hydrogen (secondary N) is 2. The van der Waals surface area contributed by atoms with Crippen LogP contribution in [0.4, 0.5) is 5.69 Å². The average molecular weight is 481 g/mol. The van der Waals surface area contributed by atoms with Gasteiger partial charge < -0.3 is 20.1 Å². The molecule has 7 heteroatoms. The van der Waals surface area contributed by atoms with Crippen LogP contribution in [0.15, 0.2) is 65.6 Å². The third-order valence-corrected chi connectivity index (χ3v) is 6.43. The van der Waals surface area contributed by atoms with Gasteiger partial charge in [-0.1, -0.05) is 59.3 Å². The first-order chi connectivity index (χ1) is 15.9. The van der Waals surface area contributed by atoms with Crippen molar-refractivity contribution in [3.8, 4) is 11.5 Å². The fraction of sp³-hybridized carbons (Fsp3) is 0.192. The molecular weight excluding hydrogens is 456 g/mol. The first-order valence-electron chi connectivity index (χ1n) is 10.5. The van der Waals surface area contributed by atoms with Crippen molar-refractivity contribution >= 4 is 41.0 Å². The number of hydrogen-bond acceptors (Lipinski definition) is 5. The van der Waals surface area contributed by atoms with Crippen LogP contribution in [-0.2, 0) is 11.4 Å². The van der Waals surface area contributed by atoms with Gasteiger partial charge in [0.2, 0.25) is 0 Å². The van der Waals surface area contributed by atoms with E-state index in [9.17, 15) is 4.79 Å². The quantitative estimate of drug-likeness (QED) is 0.397. The summed E-state index contributed by atoms with van der Waals surface area (Å²) in [5.74, 6) is 1.15. The van der Waals surface area contributed by atoms with Crippen LogP contribution in [0.1, 0.15) is 22.3 Å². The number of aryl methyl sites for hydroxylation is 2. The summed E-state index contributed by atoms with van der Waals surface area (Å²) >= 11 is 7.46. The topological polar surface area (TPSA) is 59.6 Å². The third-order valence-electron chi connectivity index (χ3n) is 5.17. The van der Waals surface area contributed by atoms with E-state index < -0.39 is 0 Å². The Hall–Kier alpha value is -3.09. The molecule has 33 heavy (non-hydrogen) atoms. The lowest BCUT2D eigenvalue weighted by Crippen LogP contribution is -2.31. The van der Waals surface area contributed by atoms with Crippen molar-refractivity contribution in [3.63, 3.8) is 0 Å². The largest absolute Gasteiger partial charge is 0.493 e. The van der Waals surface area contributed by atoms with E-state index in [0.29, 0.717) is 28.0 Å². The van der Waals surface area contributed by atoms with E-state index in [4.69, 9.17) is 21.1 Å². The molecule has 1 unspecified atom stereocenters. The molecule has 3 aromatic rings. The molecule has 0 radical (unpaired) electrons. The zero-order valence-corrected chi connectivity index (χ0v) is 20.2. The van der Waals surface area contributed by atoms with Gasteiger partial charge in [0, 0.05) is 10.7 Å². The second-order valence-electron chi connectivity index (χ2n) is 7.77. The number of hydrogen-bond donors (Lipinski definition) is 2. The summed E-state index contributed by atoms with van der Waals surface area (Å²) in [7, 11) is 1.61. The highest BCUT2D eigenvalue weighted by Crippen LogP contribution is 2.34. The monoisotopic (exact) mass is 480 g/mol. The molecule has 1 heterocycles. The predicted octanol–water partition coefficient (Wildman–Crippen LogP) is 6.14. The fourth-order valence-electron chi connectivity index (χ4n) is 3.50. The van der Waals surface area contributed by atoms with E-state index in [1.807, 2.05) is 61.5 Å². The zero-order valence-electron chi connectivity index (χ0n) is 18.6. The van der Waals surface area contributed by atoms with Crippen LogP contribution in [-0.4, -0.2) is 18.5 Å². The minimum atomic E-state index is -0.262. The molecule has 0 saturated carbocycles. The van der Waals surface area contributed by atoms with Crippen LogP contribution >= 0.6 is 23.4 Å². The van der Waals surface area contributed by atoms with Gasteiger partial charge in [0.05, 0.1) is 12.0 Å². The van der Waals surface area contributed by atoms with Gasteiger partial charge in [-0.15, -0.1) is 0 Å². The molecule has 1 saturated heterocycles. The molecule has 1 amide bonds. The van der Waals surface area contributed by atoms with Crippen molar-refractivity contribution in [1.82, 2.24) is 5.32 Å². The number of carbonyl (C=O) groups excluding carboxylic acids is 1. The second kappa shape index (κ2) is 10.2. The number of thioether (sulfide) groups is 1. The highest BCUT2D eigenvalue weighted by Gasteiger charge is 2.27. The van der Waals surface area contributed by atoms with Crippen LogP contribution in [0.3, 0.4) is 0 Å². The minimum Gasteiger partial charge on any atom is -0.493 e. The van der Waals surface area contributed by atoms with E-state index in [1.54, 1.807) is 7.11 Å². The van der Waals surface area contributed by atoms with Gasteiger partial charge in [0.1, 0.15) is 6.61 Å². The molecule has 1 fully saturated rings. The van der Waals surface area contributed by atoms with Crippen LogP contribution < -0.4 is 20.1 Å². The maximum Gasteiger partial charge on any atom is 0.260 e. The Morgan fingerprint density at radius 2 is 1.94 bits per heavy atom. The van der Waals surface area contributed by atoms with Crippen LogP contribution in [0, 0.1) is 13.8 Å². The molecular formula is C26H25ClN2O3S. The summed E-state index contributed by atoms with van der Waals surface area (Å²) in [6.07, 6.45) is 1.85. The Labute approximate surface area is 203 Å². The number of carbonyl (C=O) groups is 1. The van der Waals surface area contributed by atoms with Crippen molar-refractivity contribution in [3.05, 3.63) is 92.8 Å². The van der Waals surface area contributed by atoms with Gasteiger partial charge in [-0.2, -0.15) is 0 Å². The molecule has 3 aromatic carbocycles. The van der Waals surface area contributed by atoms with Gasteiger partial charge >= 0.3 is 0 Å². The first kappa shape index (κ1) is 23.1. The van der Waals surface area contributed by atoms with Gasteiger partial charge in [-0.05, 0) is 66.9 Å². The lowest BCUT2D eigenvalue weighted by Gasteiger charge is -2.15. The van der Waals surface area contributed by atoms with Crippen molar-refractivity contribution in [2.75, 3.05) is 12.4 Å². The van der Waals surface area contributed by atoms with Crippen molar-refractivity contribution in [2.45, 2.75) is 26.0 Å². The normalized spacial score (nSPS) is 16.5. The highest BCUT2D eigenvalue weighted by atomic mass is 35.5. The first-order valence-corrected chi connectivity index (χ1v) is 11.8. The number of benzene rings is 3. The Morgan fingerprint density at radius 3 is 2.70 bits per heavy atom. The molecule has 170 valence electrons. The van der Waals surface area contributed by atoms with Crippen molar-refractivity contribution < 1.29 is 14.3 Å². The lowest BCUT2D eigenvalue weighted by molar-refractivity contribution is -0.116. The third kappa shape index (κ3) is 5.83. The SMILES string of the molecule is COc1cc(/C=C2\SC(Nc3ccc(Cl)cc3C)NC2=O)ccc1OCc1cccc(C)c1. The number of ether oxygens (including phenoxy) is 2. The number of anilines is 1. The van der Waals surface area contributed by atoms with E-state index in [2.05, 4.69) is 29.7 Å². The summed E-state index contributed by atoms with van der Waals surface area (Å²) in [6.45, 7) is 4.48. The fourth-order valence-corrected chi connectivity index (χ4v) is 4.71. The van der Waals surface area contributed by atoms with E-state index in [0.717, 1.165) is 22.4 Å². The molecule has 5 nitrogen and oxygen atoms in total. The maximum atomic E-state index is 12.5. The molecule has 0 spiro atoms. The van der Waals surface area contributed by atoms with Gasteiger partial charge in [-0.3, -0.25) is 4.79 Å². The van der Waals surface area contributed by atoms with Gasteiger partial charge in [0.25, 0.3) is 5.91 Å². The molecule has 1 aliphatic rings. The molecule has 4 rings (SSSR count). The molecule has 0 aromatic heterocycles. The molecule has 0 aliphatic carbocycles. The van der Waals surface area contributed by atoms with Gasteiger partial charge in [-0.25, -0.2) is 0 Å². The second-order valence-corrected chi connectivity index (χ2v) is 9.35.